The summed E-state index contributed by atoms with van der Waals surface area (Å²) >= 11 is 5.75. The highest BCUT2D eigenvalue weighted by atomic mass is 35.5. The Morgan fingerprint density at radius 3 is 2.50 bits per heavy atom. The van der Waals surface area contributed by atoms with Crippen molar-refractivity contribution in [1.82, 2.24) is 5.32 Å². The fourth-order valence-electron chi connectivity index (χ4n) is 1.67. The smallest absolute Gasteiger partial charge is 0.331 e. The normalized spacial score (nSPS) is 12.9. The van der Waals surface area contributed by atoms with Gasteiger partial charge in [0.2, 0.25) is 0 Å². The molecule has 0 bridgehead atoms. The van der Waals surface area contributed by atoms with Gasteiger partial charge in [0.05, 0.1) is 13.2 Å². The number of nitrogens with one attached hydrogen (secondary N) is 1. The summed E-state index contributed by atoms with van der Waals surface area (Å²) in [7, 11) is 1.24. The summed E-state index contributed by atoms with van der Waals surface area (Å²) in [5.41, 5.74) is -0.859. The molecule has 0 fully saturated rings. The first kappa shape index (κ1) is 16.0. The van der Waals surface area contributed by atoms with Crippen LogP contribution in [0.1, 0.15) is 30.1 Å². The van der Waals surface area contributed by atoms with Crippen molar-refractivity contribution in [2.45, 2.75) is 25.3 Å². The van der Waals surface area contributed by atoms with Crippen LogP contribution in [0.4, 0.5) is 0 Å². The predicted octanol–water partition coefficient (Wildman–Crippen LogP) is 2.31. The molecule has 20 heavy (non-hydrogen) atoms. The van der Waals surface area contributed by atoms with Gasteiger partial charge in [-0.2, -0.15) is 5.26 Å². The molecule has 0 aliphatic rings. The summed E-state index contributed by atoms with van der Waals surface area (Å²) in [6, 6.07) is 8.23. The lowest BCUT2D eigenvalue weighted by Gasteiger charge is -2.27. The quantitative estimate of drug-likeness (QED) is 0.845. The van der Waals surface area contributed by atoms with Crippen LogP contribution < -0.4 is 5.32 Å². The second-order valence-corrected chi connectivity index (χ2v) is 4.88. The van der Waals surface area contributed by atoms with E-state index in [2.05, 4.69) is 10.1 Å². The van der Waals surface area contributed by atoms with Crippen molar-refractivity contribution in [3.8, 4) is 6.07 Å². The van der Waals surface area contributed by atoms with Crippen LogP contribution in [-0.4, -0.2) is 24.5 Å². The molecule has 5 nitrogen and oxygen atoms in total. The number of ether oxygens (including phenoxy) is 1. The summed E-state index contributed by atoms with van der Waals surface area (Å²) in [6.07, 6.45) is 0.308. The Hall–Kier alpha value is -2.06. The first-order valence-corrected chi connectivity index (χ1v) is 6.34. The van der Waals surface area contributed by atoms with Crippen LogP contribution in [0, 0.1) is 11.3 Å². The van der Waals surface area contributed by atoms with Gasteiger partial charge in [-0.25, -0.2) is 4.79 Å². The summed E-state index contributed by atoms with van der Waals surface area (Å²) < 4.78 is 4.68. The predicted molar refractivity (Wildman–Crippen MR) is 74.2 cm³/mol. The van der Waals surface area contributed by atoms with Crippen LogP contribution in [0.3, 0.4) is 0 Å². The van der Waals surface area contributed by atoms with E-state index < -0.39 is 17.4 Å². The van der Waals surface area contributed by atoms with E-state index in [1.165, 1.54) is 14.0 Å². The van der Waals surface area contributed by atoms with Crippen LogP contribution in [0.2, 0.25) is 5.02 Å². The molecule has 106 valence electrons. The molecular formula is C14H15ClN2O3. The van der Waals surface area contributed by atoms with Crippen LogP contribution >= 0.6 is 11.6 Å². The van der Waals surface area contributed by atoms with Crippen molar-refractivity contribution in [3.63, 3.8) is 0 Å². The maximum absolute atomic E-state index is 12.1. The molecule has 1 N–H and O–H groups in total. The third-order valence-electron chi connectivity index (χ3n) is 2.87. The minimum atomic E-state index is -1.23. The number of hydrogen-bond donors (Lipinski definition) is 1. The summed E-state index contributed by atoms with van der Waals surface area (Å²) in [4.78, 5) is 23.9. The molecule has 0 saturated heterocycles. The largest absolute Gasteiger partial charge is 0.467 e. The maximum Gasteiger partial charge on any atom is 0.331 e. The lowest BCUT2D eigenvalue weighted by atomic mass is 9.95. The molecule has 0 saturated carbocycles. The van der Waals surface area contributed by atoms with E-state index in [1.807, 2.05) is 6.07 Å². The highest BCUT2D eigenvalue weighted by molar-refractivity contribution is 6.30. The van der Waals surface area contributed by atoms with Crippen molar-refractivity contribution >= 4 is 23.5 Å². The Bertz CT molecular complexity index is 536. The van der Waals surface area contributed by atoms with Gasteiger partial charge in [-0.15, -0.1) is 0 Å². The van der Waals surface area contributed by atoms with Gasteiger partial charge >= 0.3 is 5.97 Å². The number of carbonyl (C=O) groups excluding carboxylic acids is 2. The lowest BCUT2D eigenvalue weighted by molar-refractivity contribution is -0.147. The summed E-state index contributed by atoms with van der Waals surface area (Å²) in [5, 5.41) is 11.8. The minimum Gasteiger partial charge on any atom is -0.467 e. The number of rotatable bonds is 5. The highest BCUT2D eigenvalue weighted by Crippen LogP contribution is 2.16. The Morgan fingerprint density at radius 1 is 1.40 bits per heavy atom. The van der Waals surface area contributed by atoms with Crippen molar-refractivity contribution < 1.29 is 14.3 Å². The molecule has 0 radical (unpaired) electrons. The van der Waals surface area contributed by atoms with Gasteiger partial charge in [-0.05, 0) is 37.6 Å². The van der Waals surface area contributed by atoms with Crippen LogP contribution in [-0.2, 0) is 9.53 Å². The Balaban J connectivity index is 2.89. The molecule has 0 spiro atoms. The van der Waals surface area contributed by atoms with E-state index in [-0.39, 0.29) is 12.8 Å². The van der Waals surface area contributed by atoms with Gasteiger partial charge < -0.3 is 10.1 Å². The molecule has 0 aromatic heterocycles. The van der Waals surface area contributed by atoms with Crippen molar-refractivity contribution in [3.05, 3.63) is 34.9 Å². The third kappa shape index (κ3) is 3.97. The zero-order chi connectivity index (χ0) is 15.2. The van der Waals surface area contributed by atoms with E-state index in [4.69, 9.17) is 16.9 Å². The van der Waals surface area contributed by atoms with Crippen LogP contribution in [0.25, 0.3) is 0 Å². The second-order valence-electron chi connectivity index (χ2n) is 4.44. The summed E-state index contributed by atoms with van der Waals surface area (Å²) in [5.74, 6) is -1.01. The van der Waals surface area contributed by atoms with Crippen molar-refractivity contribution in [2.24, 2.45) is 0 Å². The molecular weight excluding hydrogens is 280 g/mol. The zero-order valence-electron chi connectivity index (χ0n) is 11.3. The molecule has 1 aromatic rings. The Labute approximate surface area is 122 Å². The van der Waals surface area contributed by atoms with Crippen LogP contribution in [0.15, 0.2) is 24.3 Å². The maximum atomic E-state index is 12.1. The first-order chi connectivity index (χ1) is 9.42. The van der Waals surface area contributed by atoms with Crippen molar-refractivity contribution in [1.29, 1.82) is 5.26 Å². The number of methoxy groups -OCH3 is 1. The number of carbonyl (C=O) groups is 2. The number of esters is 1. The molecule has 0 aliphatic carbocycles. The van der Waals surface area contributed by atoms with E-state index in [0.717, 1.165) is 0 Å². The fraction of sp³-hybridized carbons (Fsp3) is 0.357. The standard InChI is InChI=1S/C14H15ClN2O3/c1-14(8-3-9-16,13(19)20-2)17-12(18)10-4-6-11(15)7-5-10/h4-7H,3,8H2,1-2H3,(H,17,18). The number of nitrogens with zero attached hydrogens (tertiary/aromatic N) is 1. The Kier molecular flexibility index (Phi) is 5.53. The van der Waals surface area contributed by atoms with Crippen LogP contribution in [0.5, 0.6) is 0 Å². The van der Waals surface area contributed by atoms with E-state index >= 15 is 0 Å². The number of nitriles is 1. The minimum absolute atomic E-state index is 0.131. The number of hydrogen-bond acceptors (Lipinski definition) is 4. The van der Waals surface area contributed by atoms with Gasteiger partial charge in [0.1, 0.15) is 5.54 Å². The number of amides is 1. The summed E-state index contributed by atoms with van der Waals surface area (Å²) in [6.45, 7) is 1.53. The lowest BCUT2D eigenvalue weighted by Crippen LogP contribution is -2.52. The molecule has 0 aliphatic heterocycles. The highest BCUT2D eigenvalue weighted by Gasteiger charge is 2.35. The monoisotopic (exact) mass is 294 g/mol. The van der Waals surface area contributed by atoms with Gasteiger partial charge in [-0.3, -0.25) is 4.79 Å². The first-order valence-electron chi connectivity index (χ1n) is 5.96. The van der Waals surface area contributed by atoms with E-state index in [9.17, 15) is 9.59 Å². The molecule has 1 atom stereocenters. The third-order valence-corrected chi connectivity index (χ3v) is 3.12. The van der Waals surface area contributed by atoms with Gasteiger partial charge in [0, 0.05) is 17.0 Å². The molecule has 1 unspecified atom stereocenters. The molecule has 6 heteroatoms. The molecule has 1 aromatic carbocycles. The van der Waals surface area contributed by atoms with Gasteiger partial charge in [-0.1, -0.05) is 11.6 Å². The average molecular weight is 295 g/mol. The van der Waals surface area contributed by atoms with E-state index in [0.29, 0.717) is 10.6 Å². The zero-order valence-corrected chi connectivity index (χ0v) is 12.0. The average Bonchev–Trinajstić information content (AvgIpc) is 2.44. The van der Waals surface area contributed by atoms with Crippen molar-refractivity contribution in [2.75, 3.05) is 7.11 Å². The topological polar surface area (TPSA) is 79.2 Å². The Morgan fingerprint density at radius 2 is 2.00 bits per heavy atom. The van der Waals surface area contributed by atoms with Gasteiger partial charge in [0.15, 0.2) is 0 Å². The number of benzene rings is 1. The van der Waals surface area contributed by atoms with E-state index in [1.54, 1.807) is 24.3 Å². The fourth-order valence-corrected chi connectivity index (χ4v) is 1.80. The number of halogens is 1. The molecule has 0 heterocycles. The van der Waals surface area contributed by atoms with Gasteiger partial charge in [0.25, 0.3) is 5.91 Å². The SMILES string of the molecule is COC(=O)C(C)(CCC#N)NC(=O)c1ccc(Cl)cc1. The molecule has 1 rings (SSSR count). The second kappa shape index (κ2) is 6.92. The molecule has 1 amide bonds.